The molecule has 5 nitrogen and oxygen atoms in total. The number of rotatable bonds is 6. The highest BCUT2D eigenvalue weighted by Crippen LogP contribution is 2.45. The zero-order chi connectivity index (χ0) is 28.3. The van der Waals surface area contributed by atoms with E-state index in [9.17, 15) is 14.7 Å². The van der Waals surface area contributed by atoms with Crippen LogP contribution in [-0.2, 0) is 9.53 Å². The number of nitrogens with one attached hydrogen (secondary N) is 1. The summed E-state index contributed by atoms with van der Waals surface area (Å²) in [5, 5.41) is 12.1. The van der Waals surface area contributed by atoms with E-state index in [2.05, 4.69) is 91.8 Å². The van der Waals surface area contributed by atoms with Crippen molar-refractivity contribution in [1.29, 1.82) is 0 Å². The van der Waals surface area contributed by atoms with Gasteiger partial charge in [-0.1, -0.05) is 83.5 Å². The minimum absolute atomic E-state index is 0.0917. The fraction of sp³-hybridized carbons (Fsp3) is 0.419. The first-order valence-corrected chi connectivity index (χ1v) is 20.2. The maximum absolute atomic E-state index is 12.7. The van der Waals surface area contributed by atoms with E-state index in [4.69, 9.17) is 4.74 Å². The summed E-state index contributed by atoms with van der Waals surface area (Å²) in [5.41, 5.74) is 13.0. The monoisotopic (exact) mass is 545 g/mol. The predicted molar refractivity (Wildman–Crippen MR) is 160 cm³/mol. The van der Waals surface area contributed by atoms with Gasteiger partial charge in [0.05, 0.1) is 0 Å². The number of aliphatic carboxylic acids is 1. The highest BCUT2D eigenvalue weighted by atomic mass is 28.3. The number of amides is 1. The SMILES string of the molecule is CCC(C)[C@H](NC(=O)OCC1c2cc(C#C[Si](C)(C)C)ccc2-c2ccc(C#C[Si](C)(C)C)cc21)C(=O)O. The third-order valence-electron chi connectivity index (χ3n) is 6.44. The average molecular weight is 546 g/mol. The standard InChI is InChI=1S/C31H39NO4Si2/c1-9-21(2)29(30(33)34)32-31(35)36-20-28-26-18-22(14-16-37(3,4)5)10-12-24(26)25-13-11-23(19-27(25)28)15-17-38(6,7)8/h10-13,18-19,21,28-29H,9,20H2,1-8H3,(H,32,35)(H,33,34)/t21?,29-/m0/s1. The van der Waals surface area contributed by atoms with Crippen LogP contribution in [0.15, 0.2) is 36.4 Å². The molecule has 0 bridgehead atoms. The molecule has 0 saturated heterocycles. The maximum Gasteiger partial charge on any atom is 0.407 e. The third kappa shape index (κ3) is 7.63. The molecule has 2 aromatic rings. The second-order valence-corrected chi connectivity index (χ2v) is 21.6. The molecule has 0 radical (unpaired) electrons. The summed E-state index contributed by atoms with van der Waals surface area (Å²) in [4.78, 5) is 24.4. The van der Waals surface area contributed by atoms with Crippen molar-refractivity contribution in [2.75, 3.05) is 6.61 Å². The Morgan fingerprint density at radius 3 is 1.79 bits per heavy atom. The molecule has 38 heavy (non-hydrogen) atoms. The van der Waals surface area contributed by atoms with Gasteiger partial charge in [0, 0.05) is 17.0 Å². The number of fused-ring (bicyclic) bond motifs is 3. The lowest BCUT2D eigenvalue weighted by molar-refractivity contribution is -0.140. The summed E-state index contributed by atoms with van der Waals surface area (Å²) in [6.45, 7) is 17.1. The minimum Gasteiger partial charge on any atom is -0.480 e. The number of carboxylic acids is 1. The Kier molecular flexibility index (Phi) is 8.97. The fourth-order valence-electron chi connectivity index (χ4n) is 4.23. The molecule has 2 aromatic carbocycles. The number of hydrogen-bond acceptors (Lipinski definition) is 3. The Labute approximate surface area is 229 Å². The van der Waals surface area contributed by atoms with Crippen LogP contribution >= 0.6 is 0 Å². The van der Waals surface area contributed by atoms with Crippen molar-refractivity contribution in [1.82, 2.24) is 5.32 Å². The topological polar surface area (TPSA) is 75.6 Å². The lowest BCUT2D eigenvalue weighted by Crippen LogP contribution is -2.45. The second kappa shape index (κ2) is 11.6. The number of carboxylic acid groups (broad SMARTS) is 1. The third-order valence-corrected chi connectivity index (χ3v) is 8.19. The number of carbonyl (C=O) groups excluding carboxylic acids is 1. The van der Waals surface area contributed by atoms with E-state index in [-0.39, 0.29) is 18.4 Å². The van der Waals surface area contributed by atoms with Crippen molar-refractivity contribution in [3.05, 3.63) is 58.7 Å². The number of carbonyl (C=O) groups is 2. The summed E-state index contributed by atoms with van der Waals surface area (Å²) in [6.07, 6.45) is -0.0969. The van der Waals surface area contributed by atoms with E-state index in [0.717, 1.165) is 33.4 Å². The summed E-state index contributed by atoms with van der Waals surface area (Å²) < 4.78 is 5.65. The molecule has 0 spiro atoms. The molecular weight excluding hydrogens is 507 g/mol. The van der Waals surface area contributed by atoms with Crippen LogP contribution in [-0.4, -0.2) is 46.0 Å². The lowest BCUT2D eigenvalue weighted by Gasteiger charge is -2.21. The molecule has 200 valence electrons. The largest absolute Gasteiger partial charge is 0.480 e. The van der Waals surface area contributed by atoms with Gasteiger partial charge in [-0.15, -0.1) is 11.1 Å². The fourth-order valence-corrected chi connectivity index (χ4v) is 5.26. The smallest absolute Gasteiger partial charge is 0.407 e. The van der Waals surface area contributed by atoms with E-state index < -0.39 is 34.3 Å². The van der Waals surface area contributed by atoms with Gasteiger partial charge in [0.2, 0.25) is 0 Å². The molecule has 1 unspecified atom stereocenters. The van der Waals surface area contributed by atoms with Crippen molar-refractivity contribution in [2.45, 2.75) is 71.5 Å². The van der Waals surface area contributed by atoms with Gasteiger partial charge in [-0.2, -0.15) is 0 Å². The van der Waals surface area contributed by atoms with Crippen LogP contribution in [0.2, 0.25) is 39.3 Å². The van der Waals surface area contributed by atoms with Crippen molar-refractivity contribution in [3.8, 4) is 34.1 Å². The Bertz CT molecular complexity index is 1260. The number of benzene rings is 2. The summed E-state index contributed by atoms with van der Waals surface area (Å²) in [7, 11) is -3.09. The number of alkyl carbamates (subject to hydrolysis) is 1. The van der Waals surface area contributed by atoms with Crippen LogP contribution in [0.5, 0.6) is 0 Å². The summed E-state index contributed by atoms with van der Waals surface area (Å²) in [5.74, 6) is 5.21. The Morgan fingerprint density at radius 1 is 0.921 bits per heavy atom. The van der Waals surface area contributed by atoms with E-state index >= 15 is 0 Å². The van der Waals surface area contributed by atoms with E-state index in [1.807, 2.05) is 19.1 Å². The summed E-state index contributed by atoms with van der Waals surface area (Å²) in [6, 6.07) is 11.5. The van der Waals surface area contributed by atoms with Crippen LogP contribution in [0.3, 0.4) is 0 Å². The molecule has 2 atom stereocenters. The van der Waals surface area contributed by atoms with Gasteiger partial charge in [0.15, 0.2) is 0 Å². The Balaban J connectivity index is 1.96. The number of hydrogen-bond donors (Lipinski definition) is 2. The van der Waals surface area contributed by atoms with E-state index in [0.29, 0.717) is 6.42 Å². The zero-order valence-corrected chi connectivity index (χ0v) is 25.8. The lowest BCUT2D eigenvalue weighted by atomic mass is 9.96. The van der Waals surface area contributed by atoms with Crippen LogP contribution in [0.25, 0.3) is 11.1 Å². The first-order chi connectivity index (χ1) is 17.7. The second-order valence-electron chi connectivity index (χ2n) is 12.1. The van der Waals surface area contributed by atoms with Crippen LogP contribution in [0, 0.1) is 28.8 Å². The molecule has 1 aliphatic rings. The minimum atomic E-state index is -1.54. The van der Waals surface area contributed by atoms with Gasteiger partial charge in [-0.05, 0) is 52.4 Å². The molecule has 0 saturated carbocycles. The summed E-state index contributed by atoms with van der Waals surface area (Å²) >= 11 is 0. The van der Waals surface area contributed by atoms with Gasteiger partial charge in [-0.25, -0.2) is 9.59 Å². The van der Waals surface area contributed by atoms with Gasteiger partial charge in [-0.3, -0.25) is 0 Å². The van der Waals surface area contributed by atoms with Crippen LogP contribution < -0.4 is 5.32 Å². The quantitative estimate of drug-likeness (QED) is 0.322. The first-order valence-electron chi connectivity index (χ1n) is 13.2. The van der Waals surface area contributed by atoms with E-state index in [1.54, 1.807) is 6.92 Å². The van der Waals surface area contributed by atoms with Crippen LogP contribution in [0.4, 0.5) is 4.79 Å². The van der Waals surface area contributed by atoms with Crippen molar-refractivity contribution in [2.24, 2.45) is 5.92 Å². The zero-order valence-electron chi connectivity index (χ0n) is 23.8. The van der Waals surface area contributed by atoms with Gasteiger partial charge >= 0.3 is 12.1 Å². The molecule has 0 heterocycles. The molecule has 0 aliphatic heterocycles. The molecule has 1 amide bonds. The normalized spacial score (nSPS) is 14.1. The number of ether oxygens (including phenoxy) is 1. The molecule has 7 heteroatoms. The molecule has 0 fully saturated rings. The highest BCUT2D eigenvalue weighted by Gasteiger charge is 2.31. The van der Waals surface area contributed by atoms with Gasteiger partial charge < -0.3 is 15.2 Å². The van der Waals surface area contributed by atoms with E-state index in [1.165, 1.54) is 0 Å². The van der Waals surface area contributed by atoms with Crippen molar-refractivity contribution in [3.63, 3.8) is 0 Å². The van der Waals surface area contributed by atoms with Crippen molar-refractivity contribution < 1.29 is 19.4 Å². The molecule has 3 rings (SSSR count). The predicted octanol–water partition coefficient (Wildman–Crippen LogP) is 6.48. The Hall–Kier alpha value is -3.27. The first kappa shape index (κ1) is 29.3. The molecule has 1 aliphatic carbocycles. The van der Waals surface area contributed by atoms with Crippen LogP contribution in [0.1, 0.15) is 48.4 Å². The maximum atomic E-state index is 12.7. The molecule has 0 aromatic heterocycles. The van der Waals surface area contributed by atoms with Gasteiger partial charge in [0.1, 0.15) is 28.8 Å². The molecule has 2 N–H and O–H groups in total. The van der Waals surface area contributed by atoms with Gasteiger partial charge in [0.25, 0.3) is 0 Å². The Morgan fingerprint density at radius 2 is 1.39 bits per heavy atom. The average Bonchev–Trinajstić information content (AvgIpc) is 3.14. The van der Waals surface area contributed by atoms with Crippen molar-refractivity contribution >= 4 is 28.2 Å². The molecular formula is C31H39NO4Si2. The highest BCUT2D eigenvalue weighted by molar-refractivity contribution is 6.84.